The van der Waals surface area contributed by atoms with E-state index in [2.05, 4.69) is 5.43 Å². The zero-order valence-corrected chi connectivity index (χ0v) is 12.2. The lowest BCUT2D eigenvalue weighted by Crippen LogP contribution is -2.30. The number of aryl methyl sites for hydroxylation is 2. The zero-order valence-electron chi connectivity index (χ0n) is 12.2. The molecule has 1 atom stereocenters. The highest BCUT2D eigenvalue weighted by Crippen LogP contribution is 2.31. The average Bonchev–Trinajstić information content (AvgIpc) is 2.47. The lowest BCUT2D eigenvalue weighted by Gasteiger charge is -2.21. The Hall–Kier alpha value is -1.98. The van der Waals surface area contributed by atoms with Crippen molar-refractivity contribution in [2.24, 2.45) is 5.84 Å². The summed E-state index contributed by atoms with van der Waals surface area (Å²) in [5.74, 6) is 4.53. The maximum atomic E-state index is 14.0. The quantitative estimate of drug-likeness (QED) is 0.672. The molecule has 0 aromatic heterocycles. The number of methoxy groups -OCH3 is 1. The molecule has 0 aliphatic heterocycles. The van der Waals surface area contributed by atoms with Crippen LogP contribution in [0.3, 0.4) is 0 Å². The summed E-state index contributed by atoms with van der Waals surface area (Å²) < 4.78 is 32.7. The Morgan fingerprint density at radius 3 is 2.43 bits per heavy atom. The molecule has 0 saturated heterocycles. The molecule has 3 N–H and O–H groups in total. The number of hydrazine groups is 1. The molecule has 21 heavy (non-hydrogen) atoms. The van der Waals surface area contributed by atoms with Gasteiger partial charge in [0.25, 0.3) is 0 Å². The van der Waals surface area contributed by atoms with Crippen LogP contribution >= 0.6 is 0 Å². The molecule has 2 aromatic carbocycles. The molecule has 2 rings (SSSR count). The van der Waals surface area contributed by atoms with Gasteiger partial charge in [0.1, 0.15) is 5.75 Å². The van der Waals surface area contributed by atoms with Gasteiger partial charge in [-0.2, -0.15) is 0 Å². The molecule has 2 aromatic rings. The fourth-order valence-corrected chi connectivity index (χ4v) is 2.43. The van der Waals surface area contributed by atoms with Crippen molar-refractivity contribution in [2.75, 3.05) is 7.11 Å². The maximum Gasteiger partial charge on any atom is 0.163 e. The zero-order chi connectivity index (χ0) is 15.6. The molecule has 0 amide bonds. The number of ether oxygens (including phenoxy) is 1. The van der Waals surface area contributed by atoms with Crippen LogP contribution < -0.4 is 16.0 Å². The molecule has 3 nitrogen and oxygen atoms in total. The molecule has 0 heterocycles. The number of nitrogens with two attached hydrogens (primary N) is 1. The summed E-state index contributed by atoms with van der Waals surface area (Å²) in [7, 11) is 1.59. The first kappa shape index (κ1) is 15.4. The summed E-state index contributed by atoms with van der Waals surface area (Å²) in [6, 6.07) is 7.14. The Labute approximate surface area is 122 Å². The van der Waals surface area contributed by atoms with Crippen molar-refractivity contribution in [1.29, 1.82) is 0 Å². The van der Waals surface area contributed by atoms with Crippen LogP contribution in [0.2, 0.25) is 0 Å². The molecule has 0 fully saturated rings. The van der Waals surface area contributed by atoms with E-state index < -0.39 is 17.7 Å². The van der Waals surface area contributed by atoms with E-state index in [-0.39, 0.29) is 5.56 Å². The number of halogens is 2. The van der Waals surface area contributed by atoms with Crippen molar-refractivity contribution in [2.45, 2.75) is 19.9 Å². The molecule has 0 aliphatic rings. The highest BCUT2D eigenvalue weighted by atomic mass is 19.2. The topological polar surface area (TPSA) is 47.3 Å². The largest absolute Gasteiger partial charge is 0.496 e. The van der Waals surface area contributed by atoms with Crippen molar-refractivity contribution >= 4 is 0 Å². The van der Waals surface area contributed by atoms with Crippen molar-refractivity contribution in [3.05, 3.63) is 64.2 Å². The third-order valence-corrected chi connectivity index (χ3v) is 3.55. The van der Waals surface area contributed by atoms with Gasteiger partial charge in [0.2, 0.25) is 0 Å². The van der Waals surface area contributed by atoms with Crippen molar-refractivity contribution < 1.29 is 13.5 Å². The van der Waals surface area contributed by atoms with Crippen LogP contribution in [0.15, 0.2) is 30.3 Å². The number of nitrogens with one attached hydrogen (secondary N) is 1. The first-order valence-corrected chi connectivity index (χ1v) is 6.54. The number of benzene rings is 2. The molecule has 5 heteroatoms. The van der Waals surface area contributed by atoms with Crippen molar-refractivity contribution in [1.82, 2.24) is 5.43 Å². The van der Waals surface area contributed by atoms with Gasteiger partial charge in [0.15, 0.2) is 11.6 Å². The summed E-state index contributed by atoms with van der Waals surface area (Å²) in [5, 5.41) is 0. The van der Waals surface area contributed by atoms with E-state index >= 15 is 0 Å². The standard InChI is InChI=1S/C16H18F2N2O/c1-9-8-14(21-3)10(2)7-12(9)16(20-19)11-5-4-6-13(17)15(11)18/h4-8,16,20H,19H2,1-3H3. The Morgan fingerprint density at radius 1 is 1.10 bits per heavy atom. The number of hydrogen-bond acceptors (Lipinski definition) is 3. The first-order chi connectivity index (χ1) is 9.99. The van der Waals surface area contributed by atoms with E-state index in [0.717, 1.165) is 28.5 Å². The number of hydrogen-bond donors (Lipinski definition) is 2. The van der Waals surface area contributed by atoms with E-state index in [9.17, 15) is 8.78 Å². The van der Waals surface area contributed by atoms with E-state index in [1.807, 2.05) is 26.0 Å². The molecule has 112 valence electrons. The first-order valence-electron chi connectivity index (χ1n) is 6.54. The van der Waals surface area contributed by atoms with Gasteiger partial charge in [-0.25, -0.2) is 14.2 Å². The summed E-state index contributed by atoms with van der Waals surface area (Å²) in [6.45, 7) is 3.76. The fourth-order valence-electron chi connectivity index (χ4n) is 2.43. The molecule has 0 bridgehead atoms. The minimum absolute atomic E-state index is 0.171. The summed E-state index contributed by atoms with van der Waals surface area (Å²) in [6.07, 6.45) is 0. The van der Waals surface area contributed by atoms with Gasteiger partial charge in [-0.1, -0.05) is 18.2 Å². The van der Waals surface area contributed by atoms with Gasteiger partial charge in [-0.05, 0) is 42.7 Å². The van der Waals surface area contributed by atoms with Gasteiger partial charge in [-0.3, -0.25) is 5.84 Å². The van der Waals surface area contributed by atoms with Crippen LogP contribution in [-0.2, 0) is 0 Å². The molecular formula is C16H18F2N2O. The van der Waals surface area contributed by atoms with E-state index in [1.54, 1.807) is 7.11 Å². The predicted molar refractivity (Wildman–Crippen MR) is 78.0 cm³/mol. The van der Waals surface area contributed by atoms with Crippen molar-refractivity contribution in [3.63, 3.8) is 0 Å². The Kier molecular flexibility index (Phi) is 4.55. The van der Waals surface area contributed by atoms with Crippen LogP contribution in [0.4, 0.5) is 8.78 Å². The van der Waals surface area contributed by atoms with E-state index in [1.165, 1.54) is 12.1 Å². The Bertz CT molecular complexity index is 659. The van der Waals surface area contributed by atoms with Crippen LogP contribution in [0.1, 0.15) is 28.3 Å². The third kappa shape index (κ3) is 2.89. The van der Waals surface area contributed by atoms with Crippen LogP contribution in [-0.4, -0.2) is 7.11 Å². The summed E-state index contributed by atoms with van der Waals surface area (Å²) >= 11 is 0. The molecule has 0 radical (unpaired) electrons. The second kappa shape index (κ2) is 6.20. The normalized spacial score (nSPS) is 12.3. The summed E-state index contributed by atoms with van der Waals surface area (Å²) in [4.78, 5) is 0. The van der Waals surface area contributed by atoms with E-state index in [4.69, 9.17) is 10.6 Å². The van der Waals surface area contributed by atoms with Gasteiger partial charge in [0, 0.05) is 5.56 Å². The van der Waals surface area contributed by atoms with Crippen LogP contribution in [0.25, 0.3) is 0 Å². The lowest BCUT2D eigenvalue weighted by atomic mass is 9.93. The SMILES string of the molecule is COc1cc(C)c(C(NN)c2cccc(F)c2F)cc1C. The average molecular weight is 292 g/mol. The predicted octanol–water partition coefficient (Wildman–Crippen LogP) is 3.14. The minimum atomic E-state index is -0.895. The van der Waals surface area contributed by atoms with Gasteiger partial charge in [0.05, 0.1) is 13.2 Å². The van der Waals surface area contributed by atoms with Crippen molar-refractivity contribution in [3.8, 4) is 5.75 Å². The van der Waals surface area contributed by atoms with Gasteiger partial charge >= 0.3 is 0 Å². The molecule has 0 saturated carbocycles. The van der Waals surface area contributed by atoms with Crippen LogP contribution in [0.5, 0.6) is 5.75 Å². The Morgan fingerprint density at radius 2 is 1.81 bits per heavy atom. The second-order valence-electron chi connectivity index (χ2n) is 4.92. The smallest absolute Gasteiger partial charge is 0.163 e. The monoisotopic (exact) mass is 292 g/mol. The maximum absolute atomic E-state index is 14.0. The molecule has 0 aliphatic carbocycles. The van der Waals surface area contributed by atoms with Gasteiger partial charge < -0.3 is 4.74 Å². The van der Waals surface area contributed by atoms with E-state index in [0.29, 0.717) is 0 Å². The highest BCUT2D eigenvalue weighted by Gasteiger charge is 2.21. The summed E-state index contributed by atoms with van der Waals surface area (Å²) in [5.41, 5.74) is 5.29. The molecular weight excluding hydrogens is 274 g/mol. The highest BCUT2D eigenvalue weighted by molar-refractivity contribution is 5.46. The Balaban J connectivity index is 2.57. The third-order valence-electron chi connectivity index (χ3n) is 3.55. The molecule has 0 spiro atoms. The fraction of sp³-hybridized carbons (Fsp3) is 0.250. The van der Waals surface area contributed by atoms with Gasteiger partial charge in [-0.15, -0.1) is 0 Å². The lowest BCUT2D eigenvalue weighted by molar-refractivity contribution is 0.411. The number of rotatable bonds is 4. The second-order valence-corrected chi connectivity index (χ2v) is 4.92. The minimum Gasteiger partial charge on any atom is -0.496 e. The van der Waals surface area contributed by atoms with Crippen LogP contribution in [0, 0.1) is 25.5 Å². The molecule has 1 unspecified atom stereocenters.